The van der Waals surface area contributed by atoms with Crippen molar-refractivity contribution in [2.24, 2.45) is 0 Å². The van der Waals surface area contributed by atoms with E-state index in [2.05, 4.69) is 17.0 Å². The fourth-order valence-corrected chi connectivity index (χ4v) is 2.02. The molecule has 0 saturated heterocycles. The predicted octanol–water partition coefficient (Wildman–Crippen LogP) is 2.69. The molecule has 106 valence electrons. The van der Waals surface area contributed by atoms with Crippen LogP contribution in [0.25, 0.3) is 0 Å². The lowest BCUT2D eigenvalue weighted by molar-refractivity contribution is -0.137. The average molecular weight is 265 g/mol. The summed E-state index contributed by atoms with van der Waals surface area (Å²) in [5.41, 5.74) is 2.36. The van der Waals surface area contributed by atoms with E-state index >= 15 is 0 Å². The smallest absolute Gasteiger partial charge is 0.303 e. The van der Waals surface area contributed by atoms with Gasteiger partial charge in [0.2, 0.25) is 0 Å². The van der Waals surface area contributed by atoms with Gasteiger partial charge in [0.15, 0.2) is 0 Å². The zero-order chi connectivity index (χ0) is 14.3. The Morgan fingerprint density at radius 1 is 1.42 bits per heavy atom. The van der Waals surface area contributed by atoms with E-state index < -0.39 is 5.97 Å². The van der Waals surface area contributed by atoms with E-state index in [-0.39, 0.29) is 6.42 Å². The third kappa shape index (κ3) is 5.75. The third-order valence-electron chi connectivity index (χ3n) is 2.92. The van der Waals surface area contributed by atoms with Crippen LogP contribution in [0.4, 0.5) is 0 Å². The molecule has 0 bridgehead atoms. The van der Waals surface area contributed by atoms with Crippen LogP contribution >= 0.6 is 0 Å². The molecule has 0 unspecified atom stereocenters. The number of nitrogens with zero attached hydrogens (tertiary/aromatic N) is 1. The molecule has 0 saturated carbocycles. The van der Waals surface area contributed by atoms with Crippen LogP contribution in [-0.2, 0) is 11.3 Å². The topological polar surface area (TPSA) is 49.8 Å². The van der Waals surface area contributed by atoms with Crippen molar-refractivity contribution in [2.45, 2.75) is 33.2 Å². The van der Waals surface area contributed by atoms with E-state index in [0.717, 1.165) is 24.4 Å². The van der Waals surface area contributed by atoms with Crippen molar-refractivity contribution in [3.8, 4) is 5.75 Å². The van der Waals surface area contributed by atoms with Crippen LogP contribution in [0, 0.1) is 6.92 Å². The van der Waals surface area contributed by atoms with Crippen LogP contribution in [0.3, 0.4) is 0 Å². The second kappa shape index (κ2) is 7.79. The average Bonchev–Trinajstić information content (AvgIpc) is 2.32. The molecule has 0 heterocycles. The van der Waals surface area contributed by atoms with Crippen LogP contribution in [-0.4, -0.2) is 36.2 Å². The van der Waals surface area contributed by atoms with Crippen LogP contribution in [0.2, 0.25) is 0 Å². The zero-order valence-corrected chi connectivity index (χ0v) is 12.0. The number of aliphatic carboxylic acids is 1. The van der Waals surface area contributed by atoms with Crippen molar-refractivity contribution >= 4 is 5.97 Å². The lowest BCUT2D eigenvalue weighted by Crippen LogP contribution is -2.19. The summed E-state index contributed by atoms with van der Waals surface area (Å²) < 4.78 is 5.51. The Morgan fingerprint density at radius 2 is 2.16 bits per heavy atom. The molecule has 0 fully saturated rings. The standard InChI is InChI=1S/C15H23NO3/c1-4-19-14-8-7-13(10-12(14)2)11-16(3)9-5-6-15(17)18/h7-8,10H,4-6,9,11H2,1-3H3,(H,17,18). The van der Waals surface area contributed by atoms with Gasteiger partial charge in [-0.25, -0.2) is 0 Å². The van der Waals surface area contributed by atoms with Gasteiger partial charge in [0.25, 0.3) is 0 Å². The minimum absolute atomic E-state index is 0.229. The number of carboxylic acid groups (broad SMARTS) is 1. The van der Waals surface area contributed by atoms with Crippen molar-refractivity contribution in [3.63, 3.8) is 0 Å². The normalized spacial score (nSPS) is 10.7. The van der Waals surface area contributed by atoms with Gasteiger partial charge in [0, 0.05) is 13.0 Å². The summed E-state index contributed by atoms with van der Waals surface area (Å²) in [4.78, 5) is 12.6. The molecule has 0 amide bonds. The molecule has 0 radical (unpaired) electrons. The van der Waals surface area contributed by atoms with Gasteiger partial charge >= 0.3 is 5.97 Å². The van der Waals surface area contributed by atoms with Gasteiger partial charge in [0.1, 0.15) is 5.75 Å². The maximum absolute atomic E-state index is 10.5. The first-order chi connectivity index (χ1) is 9.02. The van der Waals surface area contributed by atoms with E-state index in [9.17, 15) is 4.79 Å². The van der Waals surface area contributed by atoms with Gasteiger partial charge in [0.05, 0.1) is 6.61 Å². The van der Waals surface area contributed by atoms with Gasteiger partial charge in [-0.2, -0.15) is 0 Å². The predicted molar refractivity (Wildman–Crippen MR) is 75.6 cm³/mol. The Morgan fingerprint density at radius 3 is 2.74 bits per heavy atom. The van der Waals surface area contributed by atoms with Gasteiger partial charge in [-0.3, -0.25) is 4.79 Å². The molecule has 0 aliphatic heterocycles. The molecule has 4 heteroatoms. The first-order valence-corrected chi connectivity index (χ1v) is 6.65. The minimum atomic E-state index is -0.731. The second-order valence-electron chi connectivity index (χ2n) is 4.77. The Balaban J connectivity index is 2.48. The summed E-state index contributed by atoms with van der Waals surface area (Å²) in [7, 11) is 2.01. The van der Waals surface area contributed by atoms with E-state index in [1.165, 1.54) is 5.56 Å². The molecule has 1 N–H and O–H groups in total. The molecular weight excluding hydrogens is 242 g/mol. The first kappa shape index (κ1) is 15.5. The molecule has 1 aromatic rings. The highest BCUT2D eigenvalue weighted by molar-refractivity contribution is 5.66. The molecule has 0 atom stereocenters. The molecular formula is C15H23NO3. The van der Waals surface area contributed by atoms with E-state index in [1.54, 1.807) is 0 Å². The van der Waals surface area contributed by atoms with Crippen molar-refractivity contribution in [2.75, 3.05) is 20.2 Å². The van der Waals surface area contributed by atoms with Gasteiger partial charge in [-0.15, -0.1) is 0 Å². The number of aryl methyl sites for hydroxylation is 1. The molecule has 0 aliphatic rings. The summed E-state index contributed by atoms with van der Waals surface area (Å²) in [6.07, 6.45) is 0.911. The summed E-state index contributed by atoms with van der Waals surface area (Å²) in [5.74, 6) is 0.199. The minimum Gasteiger partial charge on any atom is -0.494 e. The van der Waals surface area contributed by atoms with Crippen LogP contribution in [0.15, 0.2) is 18.2 Å². The second-order valence-corrected chi connectivity index (χ2v) is 4.77. The Hall–Kier alpha value is -1.55. The summed E-state index contributed by atoms with van der Waals surface area (Å²) in [5, 5.41) is 8.60. The molecule has 1 aromatic carbocycles. The van der Waals surface area contributed by atoms with Crippen LogP contribution in [0.5, 0.6) is 5.75 Å². The largest absolute Gasteiger partial charge is 0.494 e. The summed E-state index contributed by atoms with van der Waals surface area (Å²) in [6, 6.07) is 6.18. The number of ether oxygens (including phenoxy) is 1. The quantitative estimate of drug-likeness (QED) is 0.785. The molecule has 1 rings (SSSR count). The Bertz CT molecular complexity index is 418. The van der Waals surface area contributed by atoms with Gasteiger partial charge in [-0.05, 0) is 51.1 Å². The van der Waals surface area contributed by atoms with Gasteiger partial charge in [-0.1, -0.05) is 12.1 Å². The van der Waals surface area contributed by atoms with Crippen molar-refractivity contribution in [1.82, 2.24) is 4.90 Å². The number of rotatable bonds is 8. The monoisotopic (exact) mass is 265 g/mol. The SMILES string of the molecule is CCOc1ccc(CN(C)CCCC(=O)O)cc1C. The highest BCUT2D eigenvalue weighted by Crippen LogP contribution is 2.19. The fraction of sp³-hybridized carbons (Fsp3) is 0.533. The highest BCUT2D eigenvalue weighted by Gasteiger charge is 2.05. The van der Waals surface area contributed by atoms with Crippen LogP contribution < -0.4 is 4.74 Å². The number of benzene rings is 1. The maximum atomic E-state index is 10.5. The molecule has 4 nitrogen and oxygen atoms in total. The summed E-state index contributed by atoms with van der Waals surface area (Å²) in [6.45, 7) is 6.31. The molecule has 0 aliphatic carbocycles. The maximum Gasteiger partial charge on any atom is 0.303 e. The van der Waals surface area contributed by atoms with Crippen molar-refractivity contribution in [3.05, 3.63) is 29.3 Å². The Kier molecular flexibility index (Phi) is 6.36. The molecule has 0 aromatic heterocycles. The van der Waals surface area contributed by atoms with Crippen molar-refractivity contribution < 1.29 is 14.6 Å². The van der Waals surface area contributed by atoms with Gasteiger partial charge < -0.3 is 14.7 Å². The molecule has 19 heavy (non-hydrogen) atoms. The molecule has 0 spiro atoms. The number of hydrogen-bond donors (Lipinski definition) is 1. The lowest BCUT2D eigenvalue weighted by Gasteiger charge is -2.17. The third-order valence-corrected chi connectivity index (χ3v) is 2.92. The Labute approximate surface area is 115 Å². The zero-order valence-electron chi connectivity index (χ0n) is 12.0. The number of carboxylic acids is 1. The fourth-order valence-electron chi connectivity index (χ4n) is 2.02. The van der Waals surface area contributed by atoms with Crippen LogP contribution in [0.1, 0.15) is 30.9 Å². The van der Waals surface area contributed by atoms with Crippen molar-refractivity contribution in [1.29, 1.82) is 0 Å². The highest BCUT2D eigenvalue weighted by atomic mass is 16.5. The first-order valence-electron chi connectivity index (χ1n) is 6.65. The van der Waals surface area contributed by atoms with E-state index in [1.807, 2.05) is 27.0 Å². The van der Waals surface area contributed by atoms with E-state index in [4.69, 9.17) is 9.84 Å². The lowest BCUT2D eigenvalue weighted by atomic mass is 10.1. The number of carbonyl (C=O) groups is 1. The van der Waals surface area contributed by atoms with E-state index in [0.29, 0.717) is 13.0 Å². The number of hydrogen-bond acceptors (Lipinski definition) is 3. The summed E-state index contributed by atoms with van der Waals surface area (Å²) >= 11 is 0.